The molecule has 0 N–H and O–H groups in total. The molecule has 1 amide bonds. The molecule has 7 heteroatoms. The summed E-state index contributed by atoms with van der Waals surface area (Å²) in [5.74, 6) is 0.556. The lowest BCUT2D eigenvalue weighted by Gasteiger charge is -2.34. The zero-order valence-electron chi connectivity index (χ0n) is 17.0. The summed E-state index contributed by atoms with van der Waals surface area (Å²) >= 11 is 1.60. The van der Waals surface area contributed by atoms with Gasteiger partial charge in [0.05, 0.1) is 11.4 Å². The third kappa shape index (κ3) is 5.15. The average molecular weight is 433 g/mol. The molecule has 2 aromatic rings. The maximum absolute atomic E-state index is 13.0. The number of carbonyl (C=O) groups excluding carboxylic acids is 1. The van der Waals surface area contributed by atoms with Gasteiger partial charge in [-0.15, -0.1) is 17.9 Å². The Bertz CT molecular complexity index is 927. The highest BCUT2D eigenvalue weighted by molar-refractivity contribution is 7.89. The van der Waals surface area contributed by atoms with Gasteiger partial charge in [-0.2, -0.15) is 4.31 Å². The highest BCUT2D eigenvalue weighted by Gasteiger charge is 2.31. The number of carbonyl (C=O) groups is 1. The molecule has 1 aromatic carbocycles. The quantitative estimate of drug-likeness (QED) is 0.615. The average Bonchev–Trinajstić information content (AvgIpc) is 3.19. The van der Waals surface area contributed by atoms with E-state index in [9.17, 15) is 13.2 Å². The highest BCUT2D eigenvalue weighted by Crippen LogP contribution is 2.27. The van der Waals surface area contributed by atoms with E-state index in [1.54, 1.807) is 50.9 Å². The maximum atomic E-state index is 13.0. The predicted octanol–water partition coefficient (Wildman–Crippen LogP) is 4.24. The van der Waals surface area contributed by atoms with Crippen LogP contribution in [0.4, 0.5) is 0 Å². The number of rotatable bonds is 7. The number of benzene rings is 1. The summed E-state index contributed by atoms with van der Waals surface area (Å²) in [7, 11) is -3.55. The van der Waals surface area contributed by atoms with Gasteiger partial charge < -0.3 is 4.90 Å². The Hall–Kier alpha value is -1.96. The van der Waals surface area contributed by atoms with Gasteiger partial charge in [0.2, 0.25) is 10.0 Å². The molecule has 1 aliphatic heterocycles. The van der Waals surface area contributed by atoms with E-state index in [-0.39, 0.29) is 10.8 Å². The Labute approximate surface area is 177 Å². The van der Waals surface area contributed by atoms with E-state index in [2.05, 4.69) is 20.4 Å². The fraction of sp³-hybridized carbons (Fsp3) is 0.409. The van der Waals surface area contributed by atoms with Crippen molar-refractivity contribution in [1.82, 2.24) is 9.21 Å². The molecule has 2 atom stereocenters. The Morgan fingerprint density at radius 3 is 2.41 bits per heavy atom. The third-order valence-corrected chi connectivity index (χ3v) is 7.84. The van der Waals surface area contributed by atoms with Crippen molar-refractivity contribution in [2.24, 2.45) is 11.8 Å². The van der Waals surface area contributed by atoms with Crippen LogP contribution in [-0.4, -0.2) is 43.2 Å². The minimum absolute atomic E-state index is 0.137. The summed E-state index contributed by atoms with van der Waals surface area (Å²) < 4.78 is 27.6. The zero-order chi connectivity index (χ0) is 21.0. The fourth-order valence-electron chi connectivity index (χ4n) is 3.87. The first kappa shape index (κ1) is 21.7. The van der Waals surface area contributed by atoms with E-state index < -0.39 is 10.0 Å². The number of nitrogens with zero attached hydrogens (tertiary/aromatic N) is 2. The molecule has 0 spiro atoms. The second kappa shape index (κ2) is 9.24. The molecule has 29 heavy (non-hydrogen) atoms. The topological polar surface area (TPSA) is 57.7 Å². The molecule has 1 saturated heterocycles. The van der Waals surface area contributed by atoms with Crippen LogP contribution in [0, 0.1) is 11.8 Å². The number of hydrogen-bond acceptors (Lipinski definition) is 4. The van der Waals surface area contributed by atoms with Gasteiger partial charge in [0.15, 0.2) is 0 Å². The van der Waals surface area contributed by atoms with Gasteiger partial charge in [0.25, 0.3) is 5.91 Å². The highest BCUT2D eigenvalue weighted by atomic mass is 32.2. The standard InChI is InChI=1S/C22H28N2O3S2/c1-4-11-23(16-20-6-5-12-28-20)22(25)19-7-9-21(10-8-19)29(26,27)24-14-17(2)13-18(3)15-24/h4-10,12,17-18H,1,11,13-16H2,2-3H3. The Balaban J connectivity index is 1.77. The summed E-state index contributed by atoms with van der Waals surface area (Å²) in [6.45, 7) is 9.93. The summed E-state index contributed by atoms with van der Waals surface area (Å²) in [6.07, 6.45) is 2.74. The first-order valence-electron chi connectivity index (χ1n) is 9.84. The molecule has 0 bridgehead atoms. The molecular weight excluding hydrogens is 404 g/mol. The van der Waals surface area contributed by atoms with E-state index in [4.69, 9.17) is 0 Å². The van der Waals surface area contributed by atoms with Gasteiger partial charge >= 0.3 is 0 Å². The lowest BCUT2D eigenvalue weighted by molar-refractivity contribution is 0.0764. The molecule has 156 valence electrons. The lowest BCUT2D eigenvalue weighted by Crippen LogP contribution is -2.42. The second-order valence-electron chi connectivity index (χ2n) is 7.85. The largest absolute Gasteiger partial charge is 0.330 e. The van der Waals surface area contributed by atoms with Gasteiger partial charge in [-0.1, -0.05) is 26.0 Å². The zero-order valence-corrected chi connectivity index (χ0v) is 18.6. The van der Waals surface area contributed by atoms with Crippen molar-refractivity contribution < 1.29 is 13.2 Å². The van der Waals surface area contributed by atoms with E-state index in [0.29, 0.717) is 43.6 Å². The number of hydrogen-bond donors (Lipinski definition) is 0. The van der Waals surface area contributed by atoms with Gasteiger partial charge in [0, 0.05) is 30.1 Å². The van der Waals surface area contributed by atoms with Crippen molar-refractivity contribution >= 4 is 27.3 Å². The number of sulfonamides is 1. The number of piperidine rings is 1. The molecule has 1 fully saturated rings. The van der Waals surface area contributed by atoms with Crippen LogP contribution in [-0.2, 0) is 16.6 Å². The minimum Gasteiger partial charge on any atom is -0.330 e. The van der Waals surface area contributed by atoms with Crippen molar-refractivity contribution in [3.05, 3.63) is 64.9 Å². The van der Waals surface area contributed by atoms with Crippen LogP contribution in [0.5, 0.6) is 0 Å². The van der Waals surface area contributed by atoms with Crippen LogP contribution >= 0.6 is 11.3 Å². The Morgan fingerprint density at radius 1 is 1.21 bits per heavy atom. The van der Waals surface area contributed by atoms with Crippen molar-refractivity contribution in [1.29, 1.82) is 0 Å². The van der Waals surface area contributed by atoms with Gasteiger partial charge in [-0.25, -0.2) is 8.42 Å². The molecule has 0 radical (unpaired) electrons. The SMILES string of the molecule is C=CCN(Cc1cccs1)C(=O)c1ccc(S(=O)(=O)N2CC(C)CC(C)C2)cc1. The van der Waals surface area contributed by atoms with Gasteiger partial charge in [-0.3, -0.25) is 4.79 Å². The third-order valence-electron chi connectivity index (χ3n) is 5.14. The van der Waals surface area contributed by atoms with Crippen LogP contribution in [0.15, 0.2) is 59.3 Å². The molecule has 3 rings (SSSR count). The number of amides is 1. The smallest absolute Gasteiger partial charge is 0.254 e. The van der Waals surface area contributed by atoms with Crippen molar-refractivity contribution in [3.8, 4) is 0 Å². The van der Waals surface area contributed by atoms with Gasteiger partial charge in [-0.05, 0) is 54.0 Å². The molecule has 0 aliphatic carbocycles. The first-order chi connectivity index (χ1) is 13.8. The normalized spacial score (nSPS) is 20.3. The Kier molecular flexibility index (Phi) is 6.93. The van der Waals surface area contributed by atoms with Crippen LogP contribution in [0.25, 0.3) is 0 Å². The molecule has 2 heterocycles. The molecule has 2 unspecified atom stereocenters. The van der Waals surface area contributed by atoms with E-state index >= 15 is 0 Å². The molecular formula is C22H28N2O3S2. The van der Waals surface area contributed by atoms with E-state index in [1.165, 1.54) is 0 Å². The van der Waals surface area contributed by atoms with Crippen LogP contribution in [0.1, 0.15) is 35.5 Å². The Morgan fingerprint density at radius 2 is 1.86 bits per heavy atom. The van der Waals surface area contributed by atoms with Crippen molar-refractivity contribution in [2.75, 3.05) is 19.6 Å². The van der Waals surface area contributed by atoms with Crippen molar-refractivity contribution in [3.63, 3.8) is 0 Å². The summed E-state index contributed by atoms with van der Waals surface area (Å²) in [5.41, 5.74) is 0.475. The fourth-order valence-corrected chi connectivity index (χ4v) is 6.27. The molecule has 1 aliphatic rings. The van der Waals surface area contributed by atoms with E-state index in [0.717, 1.165) is 11.3 Å². The van der Waals surface area contributed by atoms with Crippen LogP contribution < -0.4 is 0 Å². The maximum Gasteiger partial charge on any atom is 0.254 e. The van der Waals surface area contributed by atoms with Crippen molar-refractivity contribution in [2.45, 2.75) is 31.7 Å². The molecule has 5 nitrogen and oxygen atoms in total. The summed E-state index contributed by atoms with van der Waals surface area (Å²) in [4.78, 5) is 16.0. The summed E-state index contributed by atoms with van der Waals surface area (Å²) in [6, 6.07) is 10.3. The van der Waals surface area contributed by atoms with Crippen LogP contribution in [0.3, 0.4) is 0 Å². The molecule has 0 saturated carbocycles. The summed E-state index contributed by atoms with van der Waals surface area (Å²) in [5, 5.41) is 1.98. The monoisotopic (exact) mass is 432 g/mol. The first-order valence-corrected chi connectivity index (χ1v) is 12.2. The predicted molar refractivity (Wildman–Crippen MR) is 117 cm³/mol. The van der Waals surface area contributed by atoms with E-state index in [1.807, 2.05) is 17.5 Å². The number of thiophene rings is 1. The van der Waals surface area contributed by atoms with Crippen LogP contribution in [0.2, 0.25) is 0 Å². The minimum atomic E-state index is -3.55. The second-order valence-corrected chi connectivity index (χ2v) is 10.8. The lowest BCUT2D eigenvalue weighted by atomic mass is 9.94. The molecule has 1 aromatic heterocycles. The van der Waals surface area contributed by atoms with Gasteiger partial charge in [0.1, 0.15) is 0 Å².